The van der Waals surface area contributed by atoms with Crippen LogP contribution in [-0.4, -0.2) is 13.1 Å². The maximum Gasteiger partial charge on any atom is 0.0667 e. The van der Waals surface area contributed by atoms with Crippen LogP contribution in [0.4, 0.5) is 0 Å². The molecule has 96 valence electrons. The molecule has 1 fully saturated rings. The van der Waals surface area contributed by atoms with E-state index in [0.717, 1.165) is 13.1 Å². The summed E-state index contributed by atoms with van der Waals surface area (Å²) in [4.78, 5) is 0. The van der Waals surface area contributed by atoms with Gasteiger partial charge in [-0.25, -0.2) is 0 Å². The van der Waals surface area contributed by atoms with E-state index in [1.54, 1.807) is 0 Å². The van der Waals surface area contributed by atoms with Gasteiger partial charge < -0.3 is 11.1 Å². The van der Waals surface area contributed by atoms with Gasteiger partial charge >= 0.3 is 0 Å². The van der Waals surface area contributed by atoms with Crippen molar-refractivity contribution in [3.8, 4) is 0 Å². The summed E-state index contributed by atoms with van der Waals surface area (Å²) in [5.41, 5.74) is 12.9. The van der Waals surface area contributed by atoms with Crippen LogP contribution >= 0.6 is 28.3 Å². The lowest BCUT2D eigenvalue weighted by Gasteiger charge is -2.42. The van der Waals surface area contributed by atoms with Crippen LogP contribution in [-0.2, 0) is 5.54 Å². The molecule has 0 aromatic heterocycles. The summed E-state index contributed by atoms with van der Waals surface area (Å²) in [7, 11) is 0. The molecule has 0 saturated carbocycles. The lowest BCUT2D eigenvalue weighted by atomic mass is 9.78. The van der Waals surface area contributed by atoms with Crippen molar-refractivity contribution in [2.24, 2.45) is 5.73 Å². The summed E-state index contributed by atoms with van der Waals surface area (Å²) < 4.78 is 1.22. The SMILES string of the molecule is Cc1c(C)c(C2(N)CNC2)c(C)c(C)c1Br.Cl. The molecule has 1 saturated heterocycles. The molecular formula is C13H20BrClN2. The Labute approximate surface area is 118 Å². The van der Waals surface area contributed by atoms with Gasteiger partial charge in [-0.2, -0.15) is 0 Å². The standard InChI is InChI=1S/C13H19BrN2.ClH/c1-7-9(3)12(14)10(4)8(2)11(7)13(15)5-16-6-13;/h16H,5-6,15H2,1-4H3;1H. The lowest BCUT2D eigenvalue weighted by Crippen LogP contribution is -2.63. The van der Waals surface area contributed by atoms with Crippen molar-refractivity contribution in [2.75, 3.05) is 13.1 Å². The Balaban J connectivity index is 0.00000144. The van der Waals surface area contributed by atoms with E-state index < -0.39 is 0 Å². The van der Waals surface area contributed by atoms with Crippen molar-refractivity contribution >= 4 is 28.3 Å². The van der Waals surface area contributed by atoms with Crippen LogP contribution in [0.15, 0.2) is 4.47 Å². The van der Waals surface area contributed by atoms with Crippen LogP contribution < -0.4 is 11.1 Å². The Hall–Kier alpha value is -0.0900. The van der Waals surface area contributed by atoms with E-state index in [1.807, 2.05) is 0 Å². The highest BCUT2D eigenvalue weighted by molar-refractivity contribution is 9.10. The topological polar surface area (TPSA) is 38.0 Å². The van der Waals surface area contributed by atoms with Crippen LogP contribution in [0.3, 0.4) is 0 Å². The van der Waals surface area contributed by atoms with Gasteiger partial charge in [0, 0.05) is 17.6 Å². The highest BCUT2D eigenvalue weighted by atomic mass is 79.9. The zero-order chi connectivity index (χ0) is 12.1. The fourth-order valence-electron chi connectivity index (χ4n) is 2.58. The Bertz CT molecular complexity index is 424. The molecule has 0 aliphatic carbocycles. The molecule has 1 heterocycles. The van der Waals surface area contributed by atoms with Crippen molar-refractivity contribution in [1.82, 2.24) is 5.32 Å². The molecule has 1 aliphatic heterocycles. The molecule has 1 aromatic carbocycles. The van der Waals surface area contributed by atoms with Crippen molar-refractivity contribution in [3.05, 3.63) is 32.3 Å². The average Bonchev–Trinajstić information content (AvgIpc) is 2.21. The van der Waals surface area contributed by atoms with Crippen molar-refractivity contribution in [2.45, 2.75) is 33.2 Å². The molecule has 0 atom stereocenters. The van der Waals surface area contributed by atoms with Gasteiger partial charge in [0.25, 0.3) is 0 Å². The Morgan fingerprint density at radius 1 is 1.00 bits per heavy atom. The van der Waals surface area contributed by atoms with E-state index >= 15 is 0 Å². The largest absolute Gasteiger partial charge is 0.319 e. The summed E-state index contributed by atoms with van der Waals surface area (Å²) in [5.74, 6) is 0. The molecule has 4 heteroatoms. The normalized spacial score (nSPS) is 17.3. The number of hydrogen-bond acceptors (Lipinski definition) is 2. The molecule has 0 bridgehead atoms. The predicted molar refractivity (Wildman–Crippen MR) is 79.1 cm³/mol. The lowest BCUT2D eigenvalue weighted by molar-refractivity contribution is 0.284. The van der Waals surface area contributed by atoms with Gasteiger partial charge in [-0.3, -0.25) is 0 Å². The number of rotatable bonds is 1. The molecule has 0 spiro atoms. The van der Waals surface area contributed by atoms with Crippen LogP contribution in [0.5, 0.6) is 0 Å². The maximum absolute atomic E-state index is 6.44. The second-order valence-electron chi connectivity index (χ2n) is 4.95. The first-order valence-corrected chi connectivity index (χ1v) is 6.43. The third-order valence-electron chi connectivity index (χ3n) is 3.91. The summed E-state index contributed by atoms with van der Waals surface area (Å²) >= 11 is 3.67. The third-order valence-corrected chi connectivity index (χ3v) is 5.10. The van der Waals surface area contributed by atoms with Gasteiger partial charge in [0.1, 0.15) is 0 Å². The van der Waals surface area contributed by atoms with Crippen LogP contribution in [0.2, 0.25) is 0 Å². The number of benzene rings is 1. The van der Waals surface area contributed by atoms with Gasteiger partial charge in [-0.1, -0.05) is 15.9 Å². The Morgan fingerprint density at radius 3 is 1.71 bits per heavy atom. The fraction of sp³-hybridized carbons (Fsp3) is 0.538. The minimum atomic E-state index is -0.162. The summed E-state index contributed by atoms with van der Waals surface area (Å²) in [6, 6.07) is 0. The van der Waals surface area contributed by atoms with E-state index in [0.29, 0.717) is 0 Å². The monoisotopic (exact) mass is 318 g/mol. The fourth-order valence-corrected chi connectivity index (χ4v) is 3.18. The highest BCUT2D eigenvalue weighted by Gasteiger charge is 2.37. The minimum absolute atomic E-state index is 0. The van der Waals surface area contributed by atoms with Gasteiger partial charge in [0.2, 0.25) is 0 Å². The molecule has 2 nitrogen and oxygen atoms in total. The number of nitrogens with two attached hydrogens (primary N) is 1. The third kappa shape index (κ3) is 2.14. The average molecular weight is 320 g/mol. The summed E-state index contributed by atoms with van der Waals surface area (Å²) in [6.07, 6.45) is 0. The van der Waals surface area contributed by atoms with Crippen LogP contribution in [0, 0.1) is 27.7 Å². The molecule has 0 amide bonds. The smallest absolute Gasteiger partial charge is 0.0667 e. The minimum Gasteiger partial charge on any atom is -0.319 e. The summed E-state index contributed by atoms with van der Waals surface area (Å²) in [5, 5.41) is 3.27. The van der Waals surface area contributed by atoms with Crippen LogP contribution in [0.25, 0.3) is 0 Å². The summed E-state index contributed by atoms with van der Waals surface area (Å²) in [6.45, 7) is 10.4. The molecule has 0 unspecified atom stereocenters. The van der Waals surface area contributed by atoms with Gasteiger partial charge in [-0.05, 0) is 55.5 Å². The second kappa shape index (κ2) is 4.88. The molecule has 0 radical (unpaired) electrons. The second-order valence-corrected chi connectivity index (χ2v) is 5.74. The van der Waals surface area contributed by atoms with Crippen molar-refractivity contribution < 1.29 is 0 Å². The van der Waals surface area contributed by atoms with Gasteiger partial charge in [0.15, 0.2) is 0 Å². The van der Waals surface area contributed by atoms with Gasteiger partial charge in [0.05, 0.1) is 5.54 Å². The first-order valence-electron chi connectivity index (χ1n) is 5.64. The maximum atomic E-state index is 6.44. The Morgan fingerprint density at radius 2 is 1.41 bits per heavy atom. The van der Waals surface area contributed by atoms with Crippen molar-refractivity contribution in [1.29, 1.82) is 0 Å². The van der Waals surface area contributed by atoms with Crippen LogP contribution in [0.1, 0.15) is 27.8 Å². The molecule has 17 heavy (non-hydrogen) atoms. The zero-order valence-corrected chi connectivity index (χ0v) is 13.2. The number of halogens is 2. The molecule has 2 rings (SSSR count). The molecule has 1 aliphatic rings. The van der Waals surface area contributed by atoms with Crippen molar-refractivity contribution in [3.63, 3.8) is 0 Å². The Kier molecular flexibility index (Phi) is 4.30. The molecule has 3 N–H and O–H groups in total. The zero-order valence-electron chi connectivity index (χ0n) is 10.8. The predicted octanol–water partition coefficient (Wildman–Crippen LogP) is 2.86. The molecule has 1 aromatic rings. The first-order chi connectivity index (χ1) is 7.38. The van der Waals surface area contributed by atoms with E-state index in [9.17, 15) is 0 Å². The molecular weight excluding hydrogens is 300 g/mol. The highest BCUT2D eigenvalue weighted by Crippen LogP contribution is 2.36. The van der Waals surface area contributed by atoms with E-state index in [1.165, 1.54) is 32.3 Å². The quantitative estimate of drug-likeness (QED) is 0.835. The van der Waals surface area contributed by atoms with E-state index in [4.69, 9.17) is 5.73 Å². The first kappa shape index (κ1) is 15.0. The van der Waals surface area contributed by atoms with E-state index in [2.05, 4.69) is 48.9 Å². The number of hydrogen-bond donors (Lipinski definition) is 2. The number of nitrogens with one attached hydrogen (secondary N) is 1. The van der Waals surface area contributed by atoms with Gasteiger partial charge in [-0.15, -0.1) is 12.4 Å². The van der Waals surface area contributed by atoms with E-state index in [-0.39, 0.29) is 17.9 Å².